The van der Waals surface area contributed by atoms with Gasteiger partial charge in [0.1, 0.15) is 0 Å². The van der Waals surface area contributed by atoms with Gasteiger partial charge in [0.2, 0.25) is 5.91 Å². The first kappa shape index (κ1) is 21.6. The Morgan fingerprint density at radius 3 is 2.79 bits per heavy atom. The molecule has 2 aliphatic rings. The van der Waals surface area contributed by atoms with Crippen LogP contribution in [0.15, 0.2) is 24.3 Å². The van der Waals surface area contributed by atoms with Crippen LogP contribution in [0.1, 0.15) is 42.1 Å². The molecule has 2 amide bonds. The number of alkyl halides is 3. The highest BCUT2D eigenvalue weighted by atomic mass is 19.4. The third-order valence-corrected chi connectivity index (χ3v) is 5.42. The fourth-order valence-corrected chi connectivity index (χ4v) is 3.92. The Kier molecular flexibility index (Phi) is 6.79. The van der Waals surface area contributed by atoms with Crippen molar-refractivity contribution < 1.29 is 27.5 Å². The van der Waals surface area contributed by atoms with Crippen molar-refractivity contribution in [3.05, 3.63) is 35.4 Å². The van der Waals surface area contributed by atoms with Gasteiger partial charge in [-0.05, 0) is 44.4 Å². The van der Waals surface area contributed by atoms with E-state index in [1.54, 1.807) is 0 Å². The van der Waals surface area contributed by atoms with Crippen molar-refractivity contribution in [1.82, 2.24) is 15.5 Å². The molecule has 2 N–H and O–H groups in total. The van der Waals surface area contributed by atoms with E-state index < -0.39 is 17.6 Å². The average molecular weight is 413 g/mol. The fourth-order valence-electron chi connectivity index (χ4n) is 3.92. The van der Waals surface area contributed by atoms with Crippen LogP contribution < -0.4 is 10.6 Å². The molecule has 2 saturated heterocycles. The molecule has 2 fully saturated rings. The highest BCUT2D eigenvalue weighted by molar-refractivity contribution is 5.96. The van der Waals surface area contributed by atoms with E-state index in [0.29, 0.717) is 6.04 Å². The van der Waals surface area contributed by atoms with Gasteiger partial charge in [-0.1, -0.05) is 6.07 Å². The fraction of sp³-hybridized carbons (Fsp3) is 0.600. The van der Waals surface area contributed by atoms with Gasteiger partial charge in [-0.15, -0.1) is 0 Å². The summed E-state index contributed by atoms with van der Waals surface area (Å²) in [6.07, 6.45) is -1.48. The maximum atomic E-state index is 12.8. The molecular formula is C20H26F3N3O3. The number of nitrogens with zero attached hydrogens (tertiary/aromatic N) is 1. The van der Waals surface area contributed by atoms with Gasteiger partial charge in [0.15, 0.2) is 0 Å². The normalized spacial score (nSPS) is 25.6. The van der Waals surface area contributed by atoms with Gasteiger partial charge in [0.05, 0.1) is 18.2 Å². The molecule has 3 unspecified atom stereocenters. The lowest BCUT2D eigenvalue weighted by Crippen LogP contribution is -2.45. The topological polar surface area (TPSA) is 70.7 Å². The largest absolute Gasteiger partial charge is 0.416 e. The lowest BCUT2D eigenvalue weighted by Gasteiger charge is -2.34. The number of hydrogen-bond acceptors (Lipinski definition) is 4. The predicted octanol–water partition coefficient (Wildman–Crippen LogP) is 2.19. The summed E-state index contributed by atoms with van der Waals surface area (Å²) < 4.78 is 43.8. The van der Waals surface area contributed by atoms with Gasteiger partial charge < -0.3 is 15.4 Å². The molecule has 2 aliphatic heterocycles. The second-order valence-corrected chi connectivity index (χ2v) is 7.67. The summed E-state index contributed by atoms with van der Waals surface area (Å²) in [5.74, 6) is -1.06. The third-order valence-electron chi connectivity index (χ3n) is 5.42. The Morgan fingerprint density at radius 2 is 2.07 bits per heavy atom. The summed E-state index contributed by atoms with van der Waals surface area (Å²) >= 11 is 0. The van der Waals surface area contributed by atoms with Crippen LogP contribution in [0.4, 0.5) is 13.2 Å². The molecule has 0 aromatic heterocycles. The van der Waals surface area contributed by atoms with E-state index in [9.17, 15) is 22.8 Å². The van der Waals surface area contributed by atoms with E-state index in [1.165, 1.54) is 12.1 Å². The third kappa shape index (κ3) is 5.93. The molecule has 1 aromatic carbocycles. The van der Waals surface area contributed by atoms with Crippen LogP contribution in [0.3, 0.4) is 0 Å². The SMILES string of the molecule is CC1CC(N2CCC(NC(=O)CNC(=O)c3cccc(C(F)(F)F)c3)C2)CCO1. The maximum Gasteiger partial charge on any atom is 0.416 e. The van der Waals surface area contributed by atoms with Crippen molar-refractivity contribution in [3.8, 4) is 0 Å². The number of rotatable bonds is 5. The minimum Gasteiger partial charge on any atom is -0.378 e. The zero-order valence-corrected chi connectivity index (χ0v) is 16.3. The second kappa shape index (κ2) is 9.13. The van der Waals surface area contributed by atoms with E-state index in [4.69, 9.17) is 4.74 Å². The average Bonchev–Trinajstić information content (AvgIpc) is 3.14. The van der Waals surface area contributed by atoms with Crippen molar-refractivity contribution >= 4 is 11.8 Å². The highest BCUT2D eigenvalue weighted by Crippen LogP contribution is 2.29. The molecule has 2 heterocycles. The number of likely N-dealkylation sites (tertiary alicyclic amines) is 1. The van der Waals surface area contributed by atoms with Gasteiger partial charge in [0.25, 0.3) is 5.91 Å². The molecule has 160 valence electrons. The van der Waals surface area contributed by atoms with Gasteiger partial charge in [-0.3, -0.25) is 14.5 Å². The smallest absolute Gasteiger partial charge is 0.378 e. The molecule has 6 nitrogen and oxygen atoms in total. The van der Waals surface area contributed by atoms with E-state index in [0.717, 1.165) is 51.1 Å². The molecule has 3 rings (SSSR count). The minimum atomic E-state index is -4.52. The van der Waals surface area contributed by atoms with Crippen molar-refractivity contribution in [2.75, 3.05) is 26.2 Å². The summed E-state index contributed by atoms with van der Waals surface area (Å²) in [4.78, 5) is 26.6. The number of nitrogens with one attached hydrogen (secondary N) is 2. The lowest BCUT2D eigenvalue weighted by molar-refractivity contribution is -0.137. The van der Waals surface area contributed by atoms with Gasteiger partial charge in [0, 0.05) is 37.3 Å². The standard InChI is InChI=1S/C20H26F3N3O3/c1-13-9-17(6-8-29-13)26-7-5-16(12-26)25-18(27)11-24-19(28)14-3-2-4-15(10-14)20(21,22)23/h2-4,10,13,16-17H,5-9,11-12H2,1H3,(H,24,28)(H,25,27). The Balaban J connectivity index is 1.44. The first-order valence-electron chi connectivity index (χ1n) is 9.83. The number of carbonyl (C=O) groups excluding carboxylic acids is 2. The molecule has 0 aliphatic carbocycles. The molecule has 0 radical (unpaired) electrons. The highest BCUT2D eigenvalue weighted by Gasteiger charge is 2.32. The number of ether oxygens (including phenoxy) is 1. The minimum absolute atomic E-state index is 0.00566. The molecule has 0 spiro atoms. The van der Waals surface area contributed by atoms with Gasteiger partial charge >= 0.3 is 6.18 Å². The molecule has 3 atom stereocenters. The van der Waals surface area contributed by atoms with Crippen LogP contribution in [-0.2, 0) is 15.7 Å². The van der Waals surface area contributed by atoms with Gasteiger partial charge in [-0.2, -0.15) is 13.2 Å². The molecule has 29 heavy (non-hydrogen) atoms. The summed E-state index contributed by atoms with van der Waals surface area (Å²) in [7, 11) is 0. The predicted molar refractivity (Wildman–Crippen MR) is 100 cm³/mol. The number of hydrogen-bond donors (Lipinski definition) is 2. The van der Waals surface area contributed by atoms with Crippen LogP contribution >= 0.6 is 0 Å². The van der Waals surface area contributed by atoms with Gasteiger partial charge in [-0.25, -0.2) is 0 Å². The zero-order valence-electron chi connectivity index (χ0n) is 16.3. The van der Waals surface area contributed by atoms with Crippen molar-refractivity contribution in [1.29, 1.82) is 0 Å². The Labute approximate surface area is 167 Å². The maximum absolute atomic E-state index is 12.8. The zero-order chi connectivity index (χ0) is 21.0. The molecule has 1 aromatic rings. The molecule has 9 heteroatoms. The number of amides is 2. The monoisotopic (exact) mass is 413 g/mol. The summed E-state index contributed by atoms with van der Waals surface area (Å²) in [5, 5.41) is 5.28. The van der Waals surface area contributed by atoms with Crippen LogP contribution in [0.2, 0.25) is 0 Å². The summed E-state index contributed by atoms with van der Waals surface area (Å²) in [6.45, 7) is 4.19. The second-order valence-electron chi connectivity index (χ2n) is 7.67. The van der Waals surface area contributed by atoms with E-state index in [2.05, 4.69) is 22.5 Å². The van der Waals surface area contributed by atoms with Crippen LogP contribution in [0, 0.1) is 0 Å². The number of halogens is 3. The Hall–Kier alpha value is -2.13. The first-order chi connectivity index (χ1) is 13.7. The summed E-state index contributed by atoms with van der Waals surface area (Å²) in [5.41, 5.74) is -1.03. The number of carbonyl (C=O) groups is 2. The van der Waals surface area contributed by atoms with Crippen molar-refractivity contribution in [2.24, 2.45) is 0 Å². The van der Waals surface area contributed by atoms with E-state index >= 15 is 0 Å². The molecule has 0 bridgehead atoms. The first-order valence-corrected chi connectivity index (χ1v) is 9.83. The summed E-state index contributed by atoms with van der Waals surface area (Å²) in [6, 6.07) is 4.59. The molecular weight excluding hydrogens is 387 g/mol. The lowest BCUT2D eigenvalue weighted by atomic mass is 10.0. The van der Waals surface area contributed by atoms with E-state index in [1.807, 2.05) is 0 Å². The quantitative estimate of drug-likeness (QED) is 0.777. The number of benzene rings is 1. The van der Waals surface area contributed by atoms with Crippen LogP contribution in [0.5, 0.6) is 0 Å². The molecule has 0 saturated carbocycles. The van der Waals surface area contributed by atoms with Crippen molar-refractivity contribution in [3.63, 3.8) is 0 Å². The van der Waals surface area contributed by atoms with E-state index in [-0.39, 0.29) is 30.2 Å². The van der Waals surface area contributed by atoms with Crippen LogP contribution in [0.25, 0.3) is 0 Å². The van der Waals surface area contributed by atoms with Crippen LogP contribution in [-0.4, -0.2) is 61.1 Å². The Bertz CT molecular complexity index is 741. The Morgan fingerprint density at radius 1 is 1.28 bits per heavy atom. The van der Waals surface area contributed by atoms with Crippen molar-refractivity contribution in [2.45, 2.75) is 50.6 Å².